The van der Waals surface area contributed by atoms with Crippen LogP contribution in [-0.2, 0) is 10.0 Å². The Kier molecular flexibility index (Phi) is 5.81. The van der Waals surface area contributed by atoms with Crippen LogP contribution in [0, 0.1) is 5.92 Å². The molecule has 1 aliphatic carbocycles. The van der Waals surface area contributed by atoms with Crippen molar-refractivity contribution in [1.29, 1.82) is 0 Å². The lowest BCUT2D eigenvalue weighted by atomic mass is 10.0. The number of rotatable bonds is 5. The molecule has 0 bridgehead atoms. The third kappa shape index (κ3) is 4.42. The van der Waals surface area contributed by atoms with E-state index in [1.54, 1.807) is 23.1 Å². The van der Waals surface area contributed by atoms with Gasteiger partial charge in [-0.1, -0.05) is 54.1 Å². The van der Waals surface area contributed by atoms with E-state index in [1.165, 1.54) is 10.4 Å². The molecule has 1 saturated heterocycles. The number of carbonyl (C=O) groups excluding carboxylic acids is 1. The predicted octanol–water partition coefficient (Wildman–Crippen LogP) is 3.51. The number of amides is 2. The van der Waals surface area contributed by atoms with Crippen molar-refractivity contribution in [3.63, 3.8) is 0 Å². The van der Waals surface area contributed by atoms with Gasteiger partial charge in [0.2, 0.25) is 10.0 Å². The maximum absolute atomic E-state index is 12.9. The van der Waals surface area contributed by atoms with E-state index in [4.69, 9.17) is 11.6 Å². The van der Waals surface area contributed by atoms with E-state index in [9.17, 15) is 13.2 Å². The minimum absolute atomic E-state index is 0.00795. The number of hydrogen-bond acceptors (Lipinski definition) is 3. The second-order valence-electron chi connectivity index (χ2n) is 7.50. The van der Waals surface area contributed by atoms with E-state index in [0.29, 0.717) is 19.0 Å². The summed E-state index contributed by atoms with van der Waals surface area (Å²) in [5, 5.41) is 3.37. The number of sulfonamides is 1. The van der Waals surface area contributed by atoms with Gasteiger partial charge >= 0.3 is 6.03 Å². The molecule has 8 heteroatoms. The monoisotopic (exact) mass is 433 g/mol. The fraction of sp³-hybridized carbons (Fsp3) is 0.381. The van der Waals surface area contributed by atoms with Crippen LogP contribution in [-0.4, -0.2) is 49.8 Å². The molecule has 2 aromatic rings. The summed E-state index contributed by atoms with van der Waals surface area (Å²) in [7, 11) is -3.67. The summed E-state index contributed by atoms with van der Waals surface area (Å²) in [6, 6.07) is 16.3. The normalized spacial score (nSPS) is 19.0. The van der Waals surface area contributed by atoms with Crippen LogP contribution in [0.3, 0.4) is 0 Å². The molecule has 2 aromatic carbocycles. The van der Waals surface area contributed by atoms with Crippen LogP contribution in [0.1, 0.15) is 24.4 Å². The van der Waals surface area contributed by atoms with E-state index >= 15 is 0 Å². The lowest BCUT2D eigenvalue weighted by molar-refractivity contribution is 0.167. The number of piperazine rings is 1. The summed E-state index contributed by atoms with van der Waals surface area (Å²) in [4.78, 5) is 14.6. The van der Waals surface area contributed by atoms with Crippen molar-refractivity contribution >= 4 is 27.7 Å². The average Bonchev–Trinajstić information content (AvgIpc) is 3.58. The molecule has 0 aromatic heterocycles. The van der Waals surface area contributed by atoms with Gasteiger partial charge in [0.1, 0.15) is 4.90 Å². The summed E-state index contributed by atoms with van der Waals surface area (Å²) >= 11 is 6.08. The van der Waals surface area contributed by atoms with E-state index in [-0.39, 0.29) is 35.1 Å². The molecule has 29 heavy (non-hydrogen) atoms. The van der Waals surface area contributed by atoms with Gasteiger partial charge in [-0.25, -0.2) is 13.2 Å². The first-order chi connectivity index (χ1) is 14.0. The van der Waals surface area contributed by atoms with Gasteiger partial charge in [0, 0.05) is 26.2 Å². The average molecular weight is 434 g/mol. The first-order valence-corrected chi connectivity index (χ1v) is 11.6. The summed E-state index contributed by atoms with van der Waals surface area (Å²) in [6.07, 6.45) is 2.23. The molecule has 154 valence electrons. The van der Waals surface area contributed by atoms with Crippen LogP contribution >= 0.6 is 11.6 Å². The topological polar surface area (TPSA) is 69.7 Å². The van der Waals surface area contributed by atoms with Gasteiger partial charge in [0.25, 0.3) is 0 Å². The number of carbonyl (C=O) groups is 1. The van der Waals surface area contributed by atoms with Crippen molar-refractivity contribution in [2.75, 3.05) is 26.2 Å². The third-order valence-electron chi connectivity index (χ3n) is 5.51. The largest absolute Gasteiger partial charge is 0.331 e. The SMILES string of the molecule is O=C(N[C@@H](c1ccccc1)C1CC1)N1CCN(S(=O)(=O)c2ccccc2Cl)CC1. The quantitative estimate of drug-likeness (QED) is 0.784. The van der Waals surface area contributed by atoms with E-state index in [1.807, 2.05) is 30.3 Å². The molecule has 2 amide bonds. The highest BCUT2D eigenvalue weighted by atomic mass is 35.5. The highest BCUT2D eigenvalue weighted by Gasteiger charge is 2.36. The molecule has 6 nitrogen and oxygen atoms in total. The predicted molar refractivity (Wildman–Crippen MR) is 112 cm³/mol. The van der Waals surface area contributed by atoms with Gasteiger partial charge in [-0.2, -0.15) is 4.31 Å². The molecule has 0 radical (unpaired) electrons. The van der Waals surface area contributed by atoms with Gasteiger partial charge in [0.05, 0.1) is 11.1 Å². The molecular weight excluding hydrogens is 410 g/mol. The Labute approximate surface area is 176 Å². The van der Waals surface area contributed by atoms with Crippen LogP contribution in [0.2, 0.25) is 5.02 Å². The van der Waals surface area contributed by atoms with Crippen LogP contribution in [0.5, 0.6) is 0 Å². The highest BCUT2D eigenvalue weighted by Crippen LogP contribution is 2.41. The Bertz CT molecular complexity index is 972. The summed E-state index contributed by atoms with van der Waals surface area (Å²) < 4.78 is 27.1. The molecule has 1 N–H and O–H groups in total. The number of urea groups is 1. The van der Waals surface area contributed by atoms with Crippen molar-refractivity contribution in [3.8, 4) is 0 Å². The molecule has 2 aliphatic rings. The second-order valence-corrected chi connectivity index (χ2v) is 9.81. The number of nitrogens with one attached hydrogen (secondary N) is 1. The Morgan fingerprint density at radius 1 is 0.966 bits per heavy atom. The minimum Gasteiger partial charge on any atom is -0.331 e. The number of halogens is 1. The van der Waals surface area contributed by atoms with Crippen molar-refractivity contribution in [3.05, 3.63) is 65.2 Å². The maximum Gasteiger partial charge on any atom is 0.317 e. The van der Waals surface area contributed by atoms with E-state index < -0.39 is 10.0 Å². The van der Waals surface area contributed by atoms with Gasteiger partial charge in [0.15, 0.2) is 0 Å². The summed E-state index contributed by atoms with van der Waals surface area (Å²) in [6.45, 7) is 1.20. The zero-order valence-corrected chi connectivity index (χ0v) is 17.6. The Balaban J connectivity index is 1.39. The fourth-order valence-corrected chi connectivity index (χ4v) is 5.63. The van der Waals surface area contributed by atoms with Crippen molar-refractivity contribution < 1.29 is 13.2 Å². The first kappa shape index (κ1) is 20.2. The molecule has 0 spiro atoms. The molecule has 1 aliphatic heterocycles. The molecule has 1 saturated carbocycles. The van der Waals surface area contributed by atoms with Gasteiger partial charge in [-0.3, -0.25) is 0 Å². The maximum atomic E-state index is 12.9. The zero-order chi connectivity index (χ0) is 20.4. The van der Waals surface area contributed by atoms with Crippen molar-refractivity contribution in [1.82, 2.24) is 14.5 Å². The van der Waals surface area contributed by atoms with E-state index in [2.05, 4.69) is 5.32 Å². The number of nitrogens with zero attached hydrogens (tertiary/aromatic N) is 2. The van der Waals surface area contributed by atoms with Crippen LogP contribution < -0.4 is 5.32 Å². The summed E-state index contributed by atoms with van der Waals surface area (Å²) in [5.41, 5.74) is 1.11. The third-order valence-corrected chi connectivity index (χ3v) is 7.91. The zero-order valence-electron chi connectivity index (χ0n) is 16.0. The molecule has 4 rings (SSSR count). The fourth-order valence-electron chi connectivity index (χ4n) is 3.71. The molecular formula is C21H24ClN3O3S. The minimum atomic E-state index is -3.67. The second kappa shape index (κ2) is 8.34. The van der Waals surface area contributed by atoms with E-state index in [0.717, 1.165) is 18.4 Å². The molecule has 2 fully saturated rings. The smallest absolute Gasteiger partial charge is 0.317 e. The molecule has 0 unspecified atom stereocenters. The first-order valence-electron chi connectivity index (χ1n) is 9.82. The molecule has 1 heterocycles. The van der Waals surface area contributed by atoms with Crippen molar-refractivity contribution in [2.24, 2.45) is 5.92 Å². The lowest BCUT2D eigenvalue weighted by Gasteiger charge is -2.35. The van der Waals surface area contributed by atoms with Gasteiger partial charge < -0.3 is 10.2 Å². The standard InChI is InChI=1S/C21H24ClN3O3S/c22-18-8-4-5-9-19(18)29(27,28)25-14-12-24(13-15-25)21(26)23-20(17-10-11-17)16-6-2-1-3-7-16/h1-9,17,20H,10-15H2,(H,23,26)/t20-/m0/s1. The van der Waals surface area contributed by atoms with Gasteiger partial charge in [-0.05, 0) is 36.5 Å². The van der Waals surface area contributed by atoms with Crippen LogP contribution in [0.15, 0.2) is 59.5 Å². The number of hydrogen-bond donors (Lipinski definition) is 1. The van der Waals surface area contributed by atoms with Crippen molar-refractivity contribution in [2.45, 2.75) is 23.8 Å². The Morgan fingerprint density at radius 3 is 2.21 bits per heavy atom. The Hall–Kier alpha value is -2.09. The summed E-state index contributed by atoms with van der Waals surface area (Å²) in [5.74, 6) is 0.475. The highest BCUT2D eigenvalue weighted by molar-refractivity contribution is 7.89. The van der Waals surface area contributed by atoms with Gasteiger partial charge in [-0.15, -0.1) is 0 Å². The van der Waals surface area contributed by atoms with Crippen LogP contribution in [0.25, 0.3) is 0 Å². The Morgan fingerprint density at radius 2 is 1.59 bits per heavy atom. The lowest BCUT2D eigenvalue weighted by Crippen LogP contribution is -2.53. The number of benzene rings is 2. The van der Waals surface area contributed by atoms with Crippen LogP contribution in [0.4, 0.5) is 4.79 Å². The molecule has 1 atom stereocenters.